The number of aromatic nitrogens is 4. The van der Waals surface area contributed by atoms with Gasteiger partial charge in [0.25, 0.3) is 0 Å². The Morgan fingerprint density at radius 1 is 1.42 bits per heavy atom. The second kappa shape index (κ2) is 6.65. The zero-order valence-electron chi connectivity index (χ0n) is 11.2. The molecular weight excluding hydrogens is 306 g/mol. The van der Waals surface area contributed by atoms with E-state index in [0.29, 0.717) is 0 Å². The van der Waals surface area contributed by atoms with Crippen molar-refractivity contribution < 1.29 is 0 Å². The van der Waals surface area contributed by atoms with Crippen LogP contribution in [0.2, 0.25) is 0 Å². The zero-order valence-corrected chi connectivity index (χ0v) is 12.8. The minimum atomic E-state index is 0.246. The fourth-order valence-electron chi connectivity index (χ4n) is 1.86. The van der Waals surface area contributed by atoms with E-state index in [1.54, 1.807) is 6.20 Å². The third kappa shape index (κ3) is 4.31. The van der Waals surface area contributed by atoms with E-state index in [4.69, 9.17) is 0 Å². The van der Waals surface area contributed by atoms with Crippen LogP contribution in [-0.2, 0) is 13.0 Å². The van der Waals surface area contributed by atoms with E-state index in [2.05, 4.69) is 50.2 Å². The summed E-state index contributed by atoms with van der Waals surface area (Å²) in [6, 6.07) is 4.07. The van der Waals surface area contributed by atoms with Gasteiger partial charge in [-0.05, 0) is 35.3 Å². The minimum absolute atomic E-state index is 0.246. The Labute approximate surface area is 121 Å². The first-order valence-electron chi connectivity index (χ1n) is 6.44. The third-order valence-corrected chi connectivity index (χ3v) is 3.04. The maximum Gasteiger partial charge on any atom is 0.132 e. The fourth-order valence-corrected chi connectivity index (χ4v) is 2.28. The number of hydrogen-bond donors (Lipinski definition) is 1. The van der Waals surface area contributed by atoms with Crippen LogP contribution in [0, 0.1) is 0 Å². The first kappa shape index (κ1) is 14.0. The molecule has 2 aromatic heterocycles. The maximum absolute atomic E-state index is 4.51. The predicted molar refractivity (Wildman–Crippen MR) is 79.0 cm³/mol. The van der Waals surface area contributed by atoms with Crippen LogP contribution in [0.4, 0.5) is 5.82 Å². The first-order chi connectivity index (χ1) is 9.17. The summed E-state index contributed by atoms with van der Waals surface area (Å²) >= 11 is 3.42. The molecule has 2 rings (SSSR count). The van der Waals surface area contributed by atoms with Crippen molar-refractivity contribution in [1.29, 1.82) is 0 Å². The van der Waals surface area contributed by atoms with Crippen molar-refractivity contribution in [2.45, 2.75) is 39.3 Å². The van der Waals surface area contributed by atoms with E-state index < -0.39 is 0 Å². The van der Waals surface area contributed by atoms with Crippen LogP contribution in [-0.4, -0.2) is 25.8 Å². The molecule has 0 radical (unpaired) electrons. The Bertz CT molecular complexity index is 512. The zero-order chi connectivity index (χ0) is 13.7. The highest BCUT2D eigenvalue weighted by Gasteiger charge is 2.07. The average molecular weight is 324 g/mol. The van der Waals surface area contributed by atoms with Gasteiger partial charge in [0.1, 0.15) is 16.2 Å². The van der Waals surface area contributed by atoms with Gasteiger partial charge in [-0.3, -0.25) is 4.68 Å². The van der Waals surface area contributed by atoms with E-state index in [9.17, 15) is 0 Å². The van der Waals surface area contributed by atoms with Crippen LogP contribution in [0.15, 0.2) is 29.1 Å². The summed E-state index contributed by atoms with van der Waals surface area (Å²) < 4.78 is 2.72. The summed E-state index contributed by atoms with van der Waals surface area (Å²) in [5.74, 6) is 1.72. The third-order valence-electron chi connectivity index (χ3n) is 2.63. The molecule has 0 amide bonds. The summed E-state index contributed by atoms with van der Waals surface area (Å²) in [4.78, 5) is 8.87. The molecule has 102 valence electrons. The van der Waals surface area contributed by atoms with Crippen molar-refractivity contribution in [3.63, 3.8) is 0 Å². The molecule has 6 heteroatoms. The number of halogens is 1. The quantitative estimate of drug-likeness (QED) is 0.830. The summed E-state index contributed by atoms with van der Waals surface area (Å²) in [7, 11) is 0. The van der Waals surface area contributed by atoms with Crippen LogP contribution in [0.3, 0.4) is 0 Å². The number of aryl methyl sites for hydroxylation is 1. The van der Waals surface area contributed by atoms with Gasteiger partial charge in [-0.15, -0.1) is 0 Å². The molecule has 1 unspecified atom stereocenters. The van der Waals surface area contributed by atoms with Gasteiger partial charge in [0.2, 0.25) is 0 Å². The maximum atomic E-state index is 4.51. The van der Waals surface area contributed by atoms with Crippen molar-refractivity contribution in [1.82, 2.24) is 19.7 Å². The lowest BCUT2D eigenvalue weighted by Gasteiger charge is -2.15. The number of nitrogens with one attached hydrogen (secondary N) is 1. The largest absolute Gasteiger partial charge is 0.366 e. The Hall–Kier alpha value is -1.43. The van der Waals surface area contributed by atoms with Gasteiger partial charge in [0, 0.05) is 30.9 Å². The monoisotopic (exact) mass is 323 g/mol. The van der Waals surface area contributed by atoms with Crippen LogP contribution in [0.1, 0.15) is 26.1 Å². The van der Waals surface area contributed by atoms with Gasteiger partial charge in [0.05, 0.1) is 6.54 Å². The molecule has 2 aromatic rings. The van der Waals surface area contributed by atoms with Gasteiger partial charge < -0.3 is 5.32 Å². The average Bonchev–Trinajstić information content (AvgIpc) is 2.81. The Morgan fingerprint density at radius 2 is 2.26 bits per heavy atom. The van der Waals surface area contributed by atoms with E-state index in [1.165, 1.54) is 0 Å². The molecule has 19 heavy (non-hydrogen) atoms. The molecule has 2 heterocycles. The predicted octanol–water partition coefficient (Wildman–Crippen LogP) is 2.89. The highest BCUT2D eigenvalue weighted by atomic mass is 79.9. The molecule has 0 fully saturated rings. The molecular formula is C13H18BrN5. The molecule has 0 aliphatic carbocycles. The first-order valence-corrected chi connectivity index (χ1v) is 7.24. The van der Waals surface area contributed by atoms with E-state index in [1.807, 2.05) is 23.0 Å². The topological polar surface area (TPSA) is 55.6 Å². The number of nitrogens with zero attached hydrogens (tertiary/aromatic N) is 4. The lowest BCUT2D eigenvalue weighted by atomic mass is 10.3. The lowest BCUT2D eigenvalue weighted by Crippen LogP contribution is -2.23. The van der Waals surface area contributed by atoms with Crippen LogP contribution in [0.25, 0.3) is 0 Å². The Kier molecular flexibility index (Phi) is 4.90. The molecule has 0 aromatic carbocycles. The second-order valence-corrected chi connectivity index (χ2v) is 5.33. The van der Waals surface area contributed by atoms with Crippen molar-refractivity contribution in [3.05, 3.63) is 35.0 Å². The Morgan fingerprint density at radius 3 is 2.95 bits per heavy atom. The number of anilines is 1. The summed E-state index contributed by atoms with van der Waals surface area (Å²) in [6.45, 7) is 5.03. The van der Waals surface area contributed by atoms with Gasteiger partial charge >= 0.3 is 0 Å². The highest BCUT2D eigenvalue weighted by molar-refractivity contribution is 9.10. The van der Waals surface area contributed by atoms with Crippen LogP contribution < -0.4 is 5.32 Å². The molecule has 0 saturated heterocycles. The van der Waals surface area contributed by atoms with Crippen molar-refractivity contribution in [2.24, 2.45) is 0 Å². The minimum Gasteiger partial charge on any atom is -0.366 e. The van der Waals surface area contributed by atoms with E-state index >= 15 is 0 Å². The van der Waals surface area contributed by atoms with Gasteiger partial charge in [0.15, 0.2) is 0 Å². The van der Waals surface area contributed by atoms with Gasteiger partial charge in [-0.1, -0.05) is 6.92 Å². The SMILES string of the molecule is CCCc1nc(Br)cc(NC(C)Cn2cccn2)n1. The van der Waals surface area contributed by atoms with Gasteiger partial charge in [-0.2, -0.15) is 5.10 Å². The van der Waals surface area contributed by atoms with Crippen molar-refractivity contribution >= 4 is 21.7 Å². The fraction of sp³-hybridized carbons (Fsp3) is 0.462. The lowest BCUT2D eigenvalue weighted by molar-refractivity contribution is 0.559. The standard InChI is InChI=1S/C13H18BrN5/c1-3-5-12-17-11(14)8-13(18-12)16-10(2)9-19-7-4-6-15-19/h4,6-8,10H,3,5,9H2,1-2H3,(H,16,17,18). The summed E-state index contributed by atoms with van der Waals surface area (Å²) in [5, 5.41) is 7.57. The highest BCUT2D eigenvalue weighted by Crippen LogP contribution is 2.14. The number of rotatable bonds is 6. The molecule has 0 saturated carbocycles. The molecule has 1 atom stereocenters. The van der Waals surface area contributed by atoms with Crippen molar-refractivity contribution in [2.75, 3.05) is 5.32 Å². The van der Waals surface area contributed by atoms with Crippen LogP contribution in [0.5, 0.6) is 0 Å². The van der Waals surface area contributed by atoms with Crippen molar-refractivity contribution in [3.8, 4) is 0 Å². The smallest absolute Gasteiger partial charge is 0.132 e. The van der Waals surface area contributed by atoms with Gasteiger partial charge in [-0.25, -0.2) is 9.97 Å². The molecule has 0 aliphatic rings. The molecule has 0 aliphatic heterocycles. The van der Waals surface area contributed by atoms with E-state index in [-0.39, 0.29) is 6.04 Å². The molecule has 0 bridgehead atoms. The van der Waals surface area contributed by atoms with E-state index in [0.717, 1.165) is 35.6 Å². The molecule has 5 nitrogen and oxygen atoms in total. The Balaban J connectivity index is 2.01. The molecule has 0 spiro atoms. The summed E-state index contributed by atoms with van der Waals surface area (Å²) in [5.41, 5.74) is 0. The molecule has 1 N–H and O–H groups in total. The normalized spacial score (nSPS) is 12.4. The second-order valence-electron chi connectivity index (χ2n) is 4.52. The number of hydrogen-bond acceptors (Lipinski definition) is 4. The summed E-state index contributed by atoms with van der Waals surface area (Å²) in [6.07, 6.45) is 5.67. The van der Waals surface area contributed by atoms with Crippen LogP contribution >= 0.6 is 15.9 Å².